The largest absolute Gasteiger partial charge is 0.468 e. The molecule has 2 aromatic rings. The van der Waals surface area contributed by atoms with E-state index in [4.69, 9.17) is 4.42 Å². The topological polar surface area (TPSA) is 57.8 Å². The zero-order valence-electron chi connectivity index (χ0n) is 14.2. The number of likely N-dealkylation sites (N-methyl/N-ethyl adjacent to an activating group) is 1. The van der Waals surface area contributed by atoms with Gasteiger partial charge in [-0.1, -0.05) is 0 Å². The molecule has 1 amide bonds. The third-order valence-corrected chi connectivity index (χ3v) is 5.31. The maximum atomic E-state index is 12.5. The molecule has 128 valence electrons. The standard InChI is InChI=1S/C17H23N5O2/c1-19-11-16(23)22(14-8-18-20(2)9-14)13-17(19)5-6-21(12-17)10-15-4-3-7-24-15/h3-4,7-9H,5-6,10-13H2,1-2H3. The van der Waals surface area contributed by atoms with Crippen molar-refractivity contribution in [3.63, 3.8) is 0 Å². The highest BCUT2D eigenvalue weighted by atomic mass is 16.3. The molecule has 0 aliphatic carbocycles. The van der Waals surface area contributed by atoms with Crippen LogP contribution in [0.1, 0.15) is 12.2 Å². The van der Waals surface area contributed by atoms with E-state index in [-0.39, 0.29) is 11.4 Å². The van der Waals surface area contributed by atoms with Crippen LogP contribution in [0.4, 0.5) is 5.69 Å². The van der Waals surface area contributed by atoms with Gasteiger partial charge < -0.3 is 9.32 Å². The van der Waals surface area contributed by atoms with E-state index in [0.717, 1.165) is 37.5 Å². The molecule has 2 aliphatic heterocycles. The van der Waals surface area contributed by atoms with Crippen molar-refractivity contribution in [1.29, 1.82) is 0 Å². The van der Waals surface area contributed by atoms with Crippen molar-refractivity contribution in [2.45, 2.75) is 18.5 Å². The number of piperazine rings is 1. The minimum absolute atomic E-state index is 0.00363. The monoisotopic (exact) mass is 329 g/mol. The molecule has 0 N–H and O–H groups in total. The Hall–Kier alpha value is -2.12. The van der Waals surface area contributed by atoms with Crippen LogP contribution in [0, 0.1) is 0 Å². The fourth-order valence-corrected chi connectivity index (χ4v) is 3.88. The van der Waals surface area contributed by atoms with Gasteiger partial charge >= 0.3 is 0 Å². The van der Waals surface area contributed by atoms with E-state index in [1.807, 2.05) is 30.3 Å². The van der Waals surface area contributed by atoms with Crippen LogP contribution < -0.4 is 4.90 Å². The van der Waals surface area contributed by atoms with Gasteiger partial charge in [-0.15, -0.1) is 0 Å². The summed E-state index contributed by atoms with van der Waals surface area (Å²) in [5.74, 6) is 1.13. The number of carbonyl (C=O) groups excluding carboxylic acids is 1. The highest BCUT2D eigenvalue weighted by Gasteiger charge is 2.47. The number of amides is 1. The fraction of sp³-hybridized carbons (Fsp3) is 0.529. The van der Waals surface area contributed by atoms with Gasteiger partial charge in [0, 0.05) is 32.9 Å². The molecule has 7 nitrogen and oxygen atoms in total. The summed E-state index contributed by atoms with van der Waals surface area (Å²) < 4.78 is 7.22. The fourth-order valence-electron chi connectivity index (χ4n) is 3.88. The number of hydrogen-bond donors (Lipinski definition) is 0. The molecule has 0 radical (unpaired) electrons. The Kier molecular flexibility index (Phi) is 3.69. The predicted octanol–water partition coefficient (Wildman–Crippen LogP) is 0.936. The summed E-state index contributed by atoms with van der Waals surface area (Å²) >= 11 is 0. The molecule has 1 spiro atoms. The summed E-state index contributed by atoms with van der Waals surface area (Å²) in [5, 5.41) is 4.21. The van der Waals surface area contributed by atoms with Crippen LogP contribution in [0.3, 0.4) is 0 Å². The van der Waals surface area contributed by atoms with Crippen LogP contribution >= 0.6 is 0 Å². The Morgan fingerprint density at radius 1 is 1.33 bits per heavy atom. The van der Waals surface area contributed by atoms with Crippen molar-refractivity contribution in [2.24, 2.45) is 7.05 Å². The minimum atomic E-state index is -0.00363. The van der Waals surface area contributed by atoms with E-state index in [0.29, 0.717) is 13.1 Å². The van der Waals surface area contributed by atoms with Crippen LogP contribution in [0.5, 0.6) is 0 Å². The first-order valence-corrected chi connectivity index (χ1v) is 8.31. The Morgan fingerprint density at radius 3 is 2.92 bits per heavy atom. The Labute approximate surface area is 141 Å². The number of nitrogens with zero attached hydrogens (tertiary/aromatic N) is 5. The number of aromatic nitrogens is 2. The molecule has 1 unspecified atom stereocenters. The van der Waals surface area contributed by atoms with Crippen molar-refractivity contribution in [3.05, 3.63) is 36.5 Å². The Morgan fingerprint density at radius 2 is 2.21 bits per heavy atom. The van der Waals surface area contributed by atoms with Gasteiger partial charge in [0.25, 0.3) is 0 Å². The lowest BCUT2D eigenvalue weighted by Crippen LogP contribution is -2.64. The van der Waals surface area contributed by atoms with Gasteiger partial charge in [0.15, 0.2) is 0 Å². The van der Waals surface area contributed by atoms with Gasteiger partial charge in [0.1, 0.15) is 5.76 Å². The first-order chi connectivity index (χ1) is 11.6. The normalized spacial score (nSPS) is 25.9. The maximum Gasteiger partial charge on any atom is 0.241 e. The second-order valence-electron chi connectivity index (χ2n) is 6.97. The molecule has 7 heteroatoms. The van der Waals surface area contributed by atoms with E-state index >= 15 is 0 Å². The zero-order valence-corrected chi connectivity index (χ0v) is 14.2. The van der Waals surface area contributed by atoms with Crippen molar-refractivity contribution in [1.82, 2.24) is 19.6 Å². The SMILES string of the molecule is CN1CC(=O)N(c2cnn(C)c2)CC12CCN(Cc1ccco1)C2. The van der Waals surface area contributed by atoms with E-state index in [2.05, 4.69) is 21.9 Å². The lowest BCUT2D eigenvalue weighted by Gasteiger charge is -2.46. The molecule has 2 aliphatic rings. The average molecular weight is 329 g/mol. The van der Waals surface area contributed by atoms with E-state index < -0.39 is 0 Å². The first-order valence-electron chi connectivity index (χ1n) is 8.31. The van der Waals surface area contributed by atoms with Crippen LogP contribution in [-0.4, -0.2) is 64.3 Å². The maximum absolute atomic E-state index is 12.5. The van der Waals surface area contributed by atoms with Gasteiger partial charge in [-0.25, -0.2) is 0 Å². The second kappa shape index (κ2) is 5.75. The van der Waals surface area contributed by atoms with Gasteiger partial charge in [-0.3, -0.25) is 19.3 Å². The van der Waals surface area contributed by atoms with E-state index in [1.165, 1.54) is 0 Å². The van der Waals surface area contributed by atoms with Crippen molar-refractivity contribution >= 4 is 11.6 Å². The molecule has 0 aromatic carbocycles. The predicted molar refractivity (Wildman–Crippen MR) is 89.5 cm³/mol. The number of anilines is 1. The van der Waals surface area contributed by atoms with Gasteiger partial charge in [-0.05, 0) is 25.6 Å². The summed E-state index contributed by atoms with van der Waals surface area (Å²) in [6, 6.07) is 3.94. The Balaban J connectivity index is 1.52. The van der Waals surface area contributed by atoms with Gasteiger partial charge in [0.2, 0.25) is 5.91 Å². The van der Waals surface area contributed by atoms with Crippen LogP contribution in [0.25, 0.3) is 0 Å². The zero-order chi connectivity index (χ0) is 16.7. The molecule has 4 rings (SSSR count). The van der Waals surface area contributed by atoms with E-state index in [9.17, 15) is 4.79 Å². The molecule has 24 heavy (non-hydrogen) atoms. The molecule has 2 fully saturated rings. The summed E-state index contributed by atoms with van der Waals surface area (Å²) in [5.41, 5.74) is 0.885. The Bertz CT molecular complexity index is 725. The molecule has 1 atom stereocenters. The average Bonchev–Trinajstić information content (AvgIpc) is 3.26. The molecular formula is C17H23N5O2. The quantitative estimate of drug-likeness (QED) is 0.839. The molecule has 0 bridgehead atoms. The number of aryl methyl sites for hydroxylation is 1. The smallest absolute Gasteiger partial charge is 0.241 e. The summed E-state index contributed by atoms with van der Waals surface area (Å²) in [7, 11) is 3.94. The summed E-state index contributed by atoms with van der Waals surface area (Å²) in [6.07, 6.45) is 6.45. The number of furan rings is 1. The van der Waals surface area contributed by atoms with Gasteiger partial charge in [-0.2, -0.15) is 5.10 Å². The molecule has 0 saturated carbocycles. The van der Waals surface area contributed by atoms with Crippen molar-refractivity contribution in [2.75, 3.05) is 38.1 Å². The summed E-state index contributed by atoms with van der Waals surface area (Å²) in [6.45, 7) is 3.93. The second-order valence-corrected chi connectivity index (χ2v) is 6.97. The number of hydrogen-bond acceptors (Lipinski definition) is 5. The summed E-state index contributed by atoms with van der Waals surface area (Å²) in [4.78, 5) is 19.0. The third-order valence-electron chi connectivity index (χ3n) is 5.31. The van der Waals surface area contributed by atoms with Crippen LogP contribution in [0.2, 0.25) is 0 Å². The highest BCUT2D eigenvalue weighted by Crippen LogP contribution is 2.33. The third kappa shape index (κ3) is 2.63. The van der Waals surface area contributed by atoms with Gasteiger partial charge in [0.05, 0.1) is 36.8 Å². The van der Waals surface area contributed by atoms with Crippen molar-refractivity contribution < 1.29 is 9.21 Å². The lowest BCUT2D eigenvalue weighted by molar-refractivity contribution is -0.123. The van der Waals surface area contributed by atoms with Crippen LogP contribution in [0.15, 0.2) is 35.2 Å². The molecule has 2 aromatic heterocycles. The van der Waals surface area contributed by atoms with Crippen molar-refractivity contribution in [3.8, 4) is 0 Å². The van der Waals surface area contributed by atoms with Crippen LogP contribution in [-0.2, 0) is 18.4 Å². The molecule has 2 saturated heterocycles. The lowest BCUT2D eigenvalue weighted by atomic mass is 9.93. The first kappa shape index (κ1) is 15.4. The number of rotatable bonds is 3. The molecular weight excluding hydrogens is 306 g/mol. The van der Waals surface area contributed by atoms with E-state index in [1.54, 1.807) is 17.1 Å². The number of carbonyl (C=O) groups is 1. The molecule has 4 heterocycles. The minimum Gasteiger partial charge on any atom is -0.468 e. The highest BCUT2D eigenvalue weighted by molar-refractivity contribution is 5.95. The number of likely N-dealkylation sites (tertiary alicyclic amines) is 1.